The molecule has 0 saturated carbocycles. The minimum Gasteiger partial charge on any atom is -0.369 e. The Kier molecular flexibility index (Phi) is 6.10. The van der Waals surface area contributed by atoms with Gasteiger partial charge in [0, 0.05) is 57.9 Å². The van der Waals surface area contributed by atoms with E-state index in [0.717, 1.165) is 65.2 Å². The Morgan fingerprint density at radius 3 is 2.46 bits per heavy atom. The first-order chi connectivity index (χ1) is 11.7. The molecular formula is C19H30N4O. The Balaban J connectivity index is 1.39. The van der Waals surface area contributed by atoms with E-state index in [-0.39, 0.29) is 5.92 Å². The fourth-order valence-corrected chi connectivity index (χ4v) is 3.65. The van der Waals surface area contributed by atoms with Crippen molar-refractivity contribution in [3.63, 3.8) is 0 Å². The van der Waals surface area contributed by atoms with Crippen LogP contribution in [0.15, 0.2) is 30.3 Å². The van der Waals surface area contributed by atoms with Gasteiger partial charge in [-0.05, 0) is 38.1 Å². The third-order valence-corrected chi connectivity index (χ3v) is 5.31. The average Bonchev–Trinajstić information content (AvgIpc) is 2.67. The molecule has 0 spiro atoms. The van der Waals surface area contributed by atoms with Gasteiger partial charge in [-0.2, -0.15) is 0 Å². The summed E-state index contributed by atoms with van der Waals surface area (Å²) in [5.41, 5.74) is 1.32. The summed E-state index contributed by atoms with van der Waals surface area (Å²) in [6.45, 7) is 8.06. The van der Waals surface area contributed by atoms with Crippen molar-refractivity contribution < 1.29 is 4.79 Å². The summed E-state index contributed by atoms with van der Waals surface area (Å²) in [4.78, 5) is 19.3. The number of carbonyl (C=O) groups is 1. The monoisotopic (exact) mass is 330 g/mol. The SMILES string of the molecule is CN(CCN1CCN(c2ccccc2)CC1)C(=O)C1CCNCC1. The first kappa shape index (κ1) is 17.2. The van der Waals surface area contributed by atoms with Crippen LogP contribution in [-0.4, -0.2) is 75.1 Å². The lowest BCUT2D eigenvalue weighted by molar-refractivity contribution is -0.135. The minimum absolute atomic E-state index is 0.228. The summed E-state index contributed by atoms with van der Waals surface area (Å²) in [7, 11) is 1.96. The molecular weight excluding hydrogens is 300 g/mol. The van der Waals surface area contributed by atoms with Gasteiger partial charge in [-0.15, -0.1) is 0 Å². The number of likely N-dealkylation sites (N-methyl/N-ethyl adjacent to an activating group) is 1. The van der Waals surface area contributed by atoms with Crippen molar-refractivity contribution in [3.8, 4) is 0 Å². The van der Waals surface area contributed by atoms with Crippen LogP contribution in [0.5, 0.6) is 0 Å². The van der Waals surface area contributed by atoms with E-state index < -0.39 is 0 Å². The molecule has 1 amide bonds. The number of piperidine rings is 1. The Bertz CT molecular complexity index is 507. The number of hydrogen-bond acceptors (Lipinski definition) is 4. The molecule has 2 aliphatic rings. The van der Waals surface area contributed by atoms with Crippen molar-refractivity contribution in [2.75, 3.05) is 64.3 Å². The van der Waals surface area contributed by atoms with Crippen LogP contribution >= 0.6 is 0 Å². The van der Waals surface area contributed by atoms with Crippen molar-refractivity contribution in [1.82, 2.24) is 15.1 Å². The van der Waals surface area contributed by atoms with E-state index in [0.29, 0.717) is 5.91 Å². The summed E-state index contributed by atoms with van der Waals surface area (Å²) in [6, 6.07) is 10.6. The van der Waals surface area contributed by atoms with E-state index in [4.69, 9.17) is 0 Å². The predicted molar refractivity (Wildman–Crippen MR) is 98.3 cm³/mol. The molecule has 5 nitrogen and oxygen atoms in total. The summed E-state index contributed by atoms with van der Waals surface area (Å²) < 4.78 is 0. The van der Waals surface area contributed by atoms with Crippen LogP contribution in [0, 0.1) is 5.92 Å². The van der Waals surface area contributed by atoms with Crippen LogP contribution in [0.25, 0.3) is 0 Å². The number of nitrogens with zero attached hydrogens (tertiary/aromatic N) is 3. The van der Waals surface area contributed by atoms with Crippen LogP contribution in [0.4, 0.5) is 5.69 Å². The van der Waals surface area contributed by atoms with Gasteiger partial charge in [0.15, 0.2) is 0 Å². The molecule has 0 radical (unpaired) electrons. The van der Waals surface area contributed by atoms with Gasteiger partial charge >= 0.3 is 0 Å². The van der Waals surface area contributed by atoms with Crippen molar-refractivity contribution in [2.45, 2.75) is 12.8 Å². The number of nitrogens with one attached hydrogen (secondary N) is 1. The van der Waals surface area contributed by atoms with Gasteiger partial charge in [-0.1, -0.05) is 18.2 Å². The second kappa shape index (κ2) is 8.49. The van der Waals surface area contributed by atoms with Crippen LogP contribution < -0.4 is 10.2 Å². The molecule has 1 aromatic rings. The molecule has 5 heteroatoms. The third-order valence-electron chi connectivity index (χ3n) is 5.31. The number of carbonyl (C=O) groups excluding carboxylic acids is 1. The maximum absolute atomic E-state index is 12.5. The zero-order valence-corrected chi connectivity index (χ0v) is 14.8. The Hall–Kier alpha value is -1.59. The van der Waals surface area contributed by atoms with Crippen LogP contribution in [0.2, 0.25) is 0 Å². The van der Waals surface area contributed by atoms with Crippen molar-refractivity contribution >= 4 is 11.6 Å². The molecule has 3 rings (SSSR count). The normalized spacial score (nSPS) is 20.1. The smallest absolute Gasteiger partial charge is 0.225 e. The Morgan fingerprint density at radius 2 is 1.79 bits per heavy atom. The van der Waals surface area contributed by atoms with E-state index in [2.05, 4.69) is 45.4 Å². The molecule has 0 atom stereocenters. The largest absolute Gasteiger partial charge is 0.369 e. The van der Waals surface area contributed by atoms with E-state index in [1.165, 1.54) is 5.69 Å². The highest BCUT2D eigenvalue weighted by Crippen LogP contribution is 2.16. The van der Waals surface area contributed by atoms with E-state index in [1.807, 2.05) is 11.9 Å². The van der Waals surface area contributed by atoms with Crippen LogP contribution in [0.3, 0.4) is 0 Å². The van der Waals surface area contributed by atoms with Gasteiger partial charge in [0.05, 0.1) is 0 Å². The number of para-hydroxylation sites is 1. The summed E-state index contributed by atoms with van der Waals surface area (Å²) in [5, 5.41) is 3.33. The number of amides is 1. The minimum atomic E-state index is 0.228. The Morgan fingerprint density at radius 1 is 1.12 bits per heavy atom. The van der Waals surface area contributed by atoms with Gasteiger partial charge in [-0.3, -0.25) is 9.69 Å². The second-order valence-electron chi connectivity index (χ2n) is 6.95. The summed E-state index contributed by atoms with van der Waals surface area (Å²) in [5.74, 6) is 0.561. The maximum atomic E-state index is 12.5. The highest BCUT2D eigenvalue weighted by molar-refractivity contribution is 5.78. The Labute approximate surface area is 145 Å². The highest BCUT2D eigenvalue weighted by atomic mass is 16.2. The molecule has 132 valence electrons. The zero-order valence-electron chi connectivity index (χ0n) is 14.8. The lowest BCUT2D eigenvalue weighted by atomic mass is 9.97. The first-order valence-corrected chi connectivity index (χ1v) is 9.22. The van der Waals surface area contributed by atoms with Crippen molar-refractivity contribution in [2.24, 2.45) is 5.92 Å². The van der Waals surface area contributed by atoms with Gasteiger partial charge in [0.25, 0.3) is 0 Å². The molecule has 24 heavy (non-hydrogen) atoms. The molecule has 0 bridgehead atoms. The highest BCUT2D eigenvalue weighted by Gasteiger charge is 2.24. The number of rotatable bonds is 5. The van der Waals surface area contributed by atoms with Gasteiger partial charge in [-0.25, -0.2) is 0 Å². The number of piperazine rings is 1. The molecule has 0 unspecified atom stereocenters. The van der Waals surface area contributed by atoms with Gasteiger partial charge in [0.1, 0.15) is 0 Å². The molecule has 2 aliphatic heterocycles. The van der Waals surface area contributed by atoms with E-state index in [9.17, 15) is 4.79 Å². The van der Waals surface area contributed by atoms with Crippen molar-refractivity contribution in [3.05, 3.63) is 30.3 Å². The molecule has 2 saturated heterocycles. The second-order valence-corrected chi connectivity index (χ2v) is 6.95. The lowest BCUT2D eigenvalue weighted by Crippen LogP contribution is -2.49. The fourth-order valence-electron chi connectivity index (χ4n) is 3.65. The number of benzene rings is 1. The maximum Gasteiger partial charge on any atom is 0.225 e. The molecule has 1 N–H and O–H groups in total. The zero-order chi connectivity index (χ0) is 16.8. The quantitative estimate of drug-likeness (QED) is 0.882. The lowest BCUT2D eigenvalue weighted by Gasteiger charge is -2.37. The van der Waals surface area contributed by atoms with E-state index in [1.54, 1.807) is 0 Å². The van der Waals surface area contributed by atoms with Gasteiger partial charge in [0.2, 0.25) is 5.91 Å². The molecule has 2 fully saturated rings. The first-order valence-electron chi connectivity index (χ1n) is 9.22. The average molecular weight is 330 g/mol. The van der Waals surface area contributed by atoms with Crippen molar-refractivity contribution in [1.29, 1.82) is 0 Å². The molecule has 0 aromatic heterocycles. The fraction of sp³-hybridized carbons (Fsp3) is 0.632. The van der Waals surface area contributed by atoms with E-state index >= 15 is 0 Å². The van der Waals surface area contributed by atoms with Crippen LogP contribution in [0.1, 0.15) is 12.8 Å². The predicted octanol–water partition coefficient (Wildman–Crippen LogP) is 1.27. The van der Waals surface area contributed by atoms with Crippen LogP contribution in [-0.2, 0) is 4.79 Å². The van der Waals surface area contributed by atoms with Gasteiger partial charge < -0.3 is 15.1 Å². The third kappa shape index (κ3) is 4.48. The standard InChI is InChI=1S/C19H30N4O/c1-21(19(24)17-7-9-20-10-8-17)11-12-22-13-15-23(16-14-22)18-5-3-2-4-6-18/h2-6,17,20H,7-16H2,1H3. The molecule has 0 aliphatic carbocycles. The number of anilines is 1. The summed E-state index contributed by atoms with van der Waals surface area (Å²) in [6.07, 6.45) is 1.97. The summed E-state index contributed by atoms with van der Waals surface area (Å²) >= 11 is 0. The molecule has 2 heterocycles. The molecule has 1 aromatic carbocycles. The topological polar surface area (TPSA) is 38.8 Å². The number of hydrogen-bond donors (Lipinski definition) is 1.